The van der Waals surface area contributed by atoms with Crippen molar-refractivity contribution in [3.05, 3.63) is 28.5 Å². The molecule has 3 nitrogen and oxygen atoms in total. The SMILES string of the molecule is CCCC(Oc1cc(F)ccc1Br)C(=O)OCC. The average molecular weight is 319 g/mol. The minimum absolute atomic E-state index is 0.298. The number of carbonyl (C=O) groups excluding carboxylic acids is 1. The highest BCUT2D eigenvalue weighted by atomic mass is 79.9. The van der Waals surface area contributed by atoms with E-state index in [1.165, 1.54) is 12.1 Å². The maximum absolute atomic E-state index is 13.1. The molecule has 0 fully saturated rings. The Morgan fingerprint density at radius 2 is 2.17 bits per heavy atom. The molecule has 0 saturated heterocycles. The molecule has 1 unspecified atom stereocenters. The first-order chi connectivity index (χ1) is 8.58. The number of hydrogen-bond donors (Lipinski definition) is 0. The van der Waals surface area contributed by atoms with Gasteiger partial charge in [-0.2, -0.15) is 0 Å². The smallest absolute Gasteiger partial charge is 0.347 e. The topological polar surface area (TPSA) is 35.5 Å². The lowest BCUT2D eigenvalue weighted by Crippen LogP contribution is -2.29. The lowest BCUT2D eigenvalue weighted by molar-refractivity contribution is -0.151. The first-order valence-corrected chi connectivity index (χ1v) is 6.66. The van der Waals surface area contributed by atoms with Crippen LogP contribution in [0.5, 0.6) is 5.75 Å². The normalized spacial score (nSPS) is 12.0. The van der Waals surface area contributed by atoms with E-state index >= 15 is 0 Å². The molecule has 0 N–H and O–H groups in total. The largest absolute Gasteiger partial charge is 0.477 e. The van der Waals surface area contributed by atoms with Gasteiger partial charge in [0.2, 0.25) is 0 Å². The Kier molecular flexibility index (Phi) is 6.12. The predicted octanol–water partition coefficient (Wildman–Crippen LogP) is 3.70. The van der Waals surface area contributed by atoms with Crippen LogP contribution in [0.15, 0.2) is 22.7 Å². The van der Waals surface area contributed by atoms with Crippen molar-refractivity contribution >= 4 is 21.9 Å². The van der Waals surface area contributed by atoms with Crippen LogP contribution >= 0.6 is 15.9 Å². The van der Waals surface area contributed by atoms with Crippen LogP contribution in [-0.2, 0) is 9.53 Å². The molecule has 1 rings (SSSR count). The molecular weight excluding hydrogens is 303 g/mol. The predicted molar refractivity (Wildman–Crippen MR) is 70.1 cm³/mol. The highest BCUT2D eigenvalue weighted by Crippen LogP contribution is 2.27. The Morgan fingerprint density at radius 3 is 2.78 bits per heavy atom. The van der Waals surface area contributed by atoms with Crippen LogP contribution < -0.4 is 4.74 Å². The highest BCUT2D eigenvalue weighted by molar-refractivity contribution is 9.10. The van der Waals surface area contributed by atoms with Gasteiger partial charge in [0.15, 0.2) is 6.10 Å². The van der Waals surface area contributed by atoms with Crippen molar-refractivity contribution in [1.29, 1.82) is 0 Å². The van der Waals surface area contributed by atoms with Gasteiger partial charge in [-0.25, -0.2) is 9.18 Å². The lowest BCUT2D eigenvalue weighted by atomic mass is 10.2. The number of rotatable bonds is 6. The molecule has 0 bridgehead atoms. The minimum atomic E-state index is -0.701. The fourth-order valence-corrected chi connectivity index (χ4v) is 1.78. The minimum Gasteiger partial charge on any atom is -0.477 e. The van der Waals surface area contributed by atoms with Crippen molar-refractivity contribution in [1.82, 2.24) is 0 Å². The van der Waals surface area contributed by atoms with E-state index in [9.17, 15) is 9.18 Å². The van der Waals surface area contributed by atoms with Gasteiger partial charge in [-0.1, -0.05) is 13.3 Å². The quantitative estimate of drug-likeness (QED) is 0.750. The lowest BCUT2D eigenvalue weighted by Gasteiger charge is -2.17. The van der Waals surface area contributed by atoms with Gasteiger partial charge in [-0.05, 0) is 41.4 Å². The van der Waals surface area contributed by atoms with Gasteiger partial charge in [0.25, 0.3) is 0 Å². The van der Waals surface area contributed by atoms with Crippen LogP contribution in [0.1, 0.15) is 26.7 Å². The summed E-state index contributed by atoms with van der Waals surface area (Å²) in [5.74, 6) is -0.524. The summed E-state index contributed by atoms with van der Waals surface area (Å²) >= 11 is 3.25. The molecule has 0 heterocycles. The number of ether oxygens (including phenoxy) is 2. The molecule has 0 aliphatic carbocycles. The van der Waals surface area contributed by atoms with Gasteiger partial charge in [-0.3, -0.25) is 0 Å². The first kappa shape index (κ1) is 15.0. The number of esters is 1. The highest BCUT2D eigenvalue weighted by Gasteiger charge is 2.21. The average Bonchev–Trinajstić information content (AvgIpc) is 2.33. The second-order valence-electron chi connectivity index (χ2n) is 3.72. The second kappa shape index (κ2) is 7.36. The maximum atomic E-state index is 13.1. The molecular formula is C13H16BrFO3. The van der Waals surface area contributed by atoms with E-state index in [1.807, 2.05) is 6.92 Å². The Hall–Kier alpha value is -1.10. The Morgan fingerprint density at radius 1 is 1.44 bits per heavy atom. The molecule has 100 valence electrons. The summed E-state index contributed by atoms with van der Waals surface area (Å²) in [4.78, 5) is 11.7. The van der Waals surface area contributed by atoms with Gasteiger partial charge in [0.05, 0.1) is 11.1 Å². The van der Waals surface area contributed by atoms with Crippen LogP contribution in [0.25, 0.3) is 0 Å². The zero-order valence-electron chi connectivity index (χ0n) is 10.4. The van der Waals surface area contributed by atoms with Crippen molar-refractivity contribution < 1.29 is 18.7 Å². The summed E-state index contributed by atoms with van der Waals surface area (Å²) in [7, 11) is 0. The van der Waals surface area contributed by atoms with E-state index in [0.29, 0.717) is 23.2 Å². The summed E-state index contributed by atoms with van der Waals surface area (Å²) in [5, 5.41) is 0. The Labute approximate surface area is 114 Å². The van der Waals surface area contributed by atoms with E-state index in [4.69, 9.17) is 9.47 Å². The molecule has 0 aliphatic heterocycles. The van der Waals surface area contributed by atoms with Gasteiger partial charge in [-0.15, -0.1) is 0 Å². The molecule has 1 aromatic rings. The van der Waals surface area contributed by atoms with Gasteiger partial charge < -0.3 is 9.47 Å². The molecule has 0 aromatic heterocycles. The third-order valence-electron chi connectivity index (χ3n) is 2.26. The molecule has 0 amide bonds. The number of benzene rings is 1. The number of hydrogen-bond acceptors (Lipinski definition) is 3. The van der Waals surface area contributed by atoms with Crippen LogP contribution in [0.2, 0.25) is 0 Å². The summed E-state index contributed by atoms with van der Waals surface area (Å²) < 4.78 is 24.2. The Balaban J connectivity index is 2.82. The summed E-state index contributed by atoms with van der Waals surface area (Å²) in [6.07, 6.45) is 0.603. The molecule has 0 aliphatic rings. The van der Waals surface area contributed by atoms with Crippen LogP contribution in [0, 0.1) is 5.82 Å². The van der Waals surface area contributed by atoms with E-state index in [0.717, 1.165) is 6.42 Å². The van der Waals surface area contributed by atoms with Crippen molar-refractivity contribution in [2.45, 2.75) is 32.8 Å². The number of carbonyl (C=O) groups is 1. The summed E-state index contributed by atoms with van der Waals surface area (Å²) in [5.41, 5.74) is 0. The van der Waals surface area contributed by atoms with E-state index in [-0.39, 0.29) is 0 Å². The fraction of sp³-hybridized carbons (Fsp3) is 0.462. The fourth-order valence-electron chi connectivity index (χ4n) is 1.44. The maximum Gasteiger partial charge on any atom is 0.347 e. The second-order valence-corrected chi connectivity index (χ2v) is 4.58. The molecule has 0 spiro atoms. The molecule has 0 radical (unpaired) electrons. The standard InChI is InChI=1S/C13H16BrFO3/c1-3-5-11(13(16)17-4-2)18-12-8-9(15)6-7-10(12)14/h6-8,11H,3-5H2,1-2H3. The van der Waals surface area contributed by atoms with Crippen LogP contribution in [0.3, 0.4) is 0 Å². The van der Waals surface area contributed by atoms with Gasteiger partial charge >= 0.3 is 5.97 Å². The van der Waals surface area contributed by atoms with E-state index in [1.54, 1.807) is 13.0 Å². The van der Waals surface area contributed by atoms with Crippen LogP contribution in [0.4, 0.5) is 4.39 Å². The van der Waals surface area contributed by atoms with E-state index in [2.05, 4.69) is 15.9 Å². The molecule has 5 heteroatoms. The zero-order valence-corrected chi connectivity index (χ0v) is 12.0. The summed E-state index contributed by atoms with van der Waals surface area (Å²) in [6, 6.07) is 4.10. The molecule has 0 saturated carbocycles. The zero-order chi connectivity index (χ0) is 13.5. The van der Waals surface area contributed by atoms with Crippen molar-refractivity contribution in [3.63, 3.8) is 0 Å². The Bertz CT molecular complexity index is 409. The first-order valence-electron chi connectivity index (χ1n) is 5.86. The summed E-state index contributed by atoms with van der Waals surface area (Å²) in [6.45, 7) is 3.97. The third-order valence-corrected chi connectivity index (χ3v) is 2.92. The van der Waals surface area contributed by atoms with Gasteiger partial charge in [0, 0.05) is 6.07 Å². The van der Waals surface area contributed by atoms with Crippen molar-refractivity contribution in [3.8, 4) is 5.75 Å². The number of halogens is 2. The van der Waals surface area contributed by atoms with Crippen molar-refractivity contribution in [2.75, 3.05) is 6.61 Å². The third kappa shape index (κ3) is 4.29. The van der Waals surface area contributed by atoms with Crippen molar-refractivity contribution in [2.24, 2.45) is 0 Å². The molecule has 1 atom stereocenters. The van der Waals surface area contributed by atoms with E-state index < -0.39 is 17.9 Å². The molecule has 18 heavy (non-hydrogen) atoms. The van der Waals surface area contributed by atoms with Crippen LogP contribution in [-0.4, -0.2) is 18.7 Å². The molecule has 1 aromatic carbocycles. The monoisotopic (exact) mass is 318 g/mol. The van der Waals surface area contributed by atoms with Gasteiger partial charge in [0.1, 0.15) is 11.6 Å².